The zero-order valence-corrected chi connectivity index (χ0v) is 18.5. The van der Waals surface area contributed by atoms with Gasteiger partial charge in [0.05, 0.1) is 11.8 Å². The van der Waals surface area contributed by atoms with Crippen LogP contribution in [0.4, 0.5) is 5.69 Å². The molecule has 31 heavy (non-hydrogen) atoms. The molecule has 1 N–H and O–H groups in total. The number of carbonyl (C=O) groups excluding carboxylic acids is 4. The van der Waals surface area contributed by atoms with Crippen LogP contribution in [0.2, 0.25) is 0 Å². The molecule has 1 saturated heterocycles. The minimum absolute atomic E-state index is 0.238. The molecule has 3 aliphatic rings. The molecule has 2 saturated carbocycles. The third-order valence-corrected chi connectivity index (χ3v) is 7.13. The fourth-order valence-electron chi connectivity index (χ4n) is 5.66. The number of imide groups is 1. The maximum Gasteiger partial charge on any atom is 0.330 e. The van der Waals surface area contributed by atoms with Crippen molar-refractivity contribution in [3.63, 3.8) is 0 Å². The second-order valence-corrected chi connectivity index (χ2v) is 9.59. The van der Waals surface area contributed by atoms with E-state index in [2.05, 4.69) is 5.32 Å². The van der Waals surface area contributed by atoms with Crippen molar-refractivity contribution in [3.05, 3.63) is 29.3 Å². The molecule has 2 bridgehead atoms. The number of aryl methyl sites for hydroxylation is 2. The van der Waals surface area contributed by atoms with Crippen molar-refractivity contribution in [3.8, 4) is 0 Å². The predicted octanol–water partition coefficient (Wildman–Crippen LogP) is 2.84. The van der Waals surface area contributed by atoms with Crippen LogP contribution < -0.4 is 5.32 Å². The van der Waals surface area contributed by atoms with E-state index < -0.39 is 24.5 Å². The number of ether oxygens (including phenoxy) is 1. The van der Waals surface area contributed by atoms with Gasteiger partial charge in [0.2, 0.25) is 11.8 Å². The van der Waals surface area contributed by atoms with Crippen LogP contribution >= 0.6 is 0 Å². The molecule has 1 heterocycles. The number of fused-ring (bicyclic) bond motifs is 5. The topological polar surface area (TPSA) is 92.8 Å². The molecule has 7 heteroatoms. The highest BCUT2D eigenvalue weighted by Gasteiger charge is 2.62. The molecule has 5 atom stereocenters. The summed E-state index contributed by atoms with van der Waals surface area (Å²) in [6.07, 6.45) is 2.90. The van der Waals surface area contributed by atoms with Crippen LogP contribution in [0.3, 0.4) is 0 Å². The number of benzene rings is 1. The number of carbonyl (C=O) groups is 4. The Hall–Kier alpha value is -2.70. The molecule has 4 rings (SSSR count). The standard InChI is InChI=1S/C24H30N2O5/c1-12(2)21(26-22(28)19-15-7-8-16(10-15)20(19)23(26)29)24(30)31-11-18(27)25-17-9-13(3)5-6-14(17)4/h5-6,9,12,15-16,19-21H,7-8,10-11H2,1-4H3,(H,25,27)/t15-,16+,19-,20+,21-/m1/s1. The monoisotopic (exact) mass is 426 g/mol. The number of hydrogen-bond acceptors (Lipinski definition) is 5. The Bertz CT molecular complexity index is 912. The molecule has 7 nitrogen and oxygen atoms in total. The molecule has 0 radical (unpaired) electrons. The van der Waals surface area contributed by atoms with Crippen LogP contribution in [-0.4, -0.2) is 41.2 Å². The summed E-state index contributed by atoms with van der Waals surface area (Å²) in [6, 6.07) is 4.70. The van der Waals surface area contributed by atoms with Gasteiger partial charge in [-0.1, -0.05) is 26.0 Å². The molecule has 3 fully saturated rings. The molecular formula is C24H30N2O5. The van der Waals surface area contributed by atoms with Crippen molar-refractivity contribution < 1.29 is 23.9 Å². The number of amides is 3. The number of nitrogens with one attached hydrogen (secondary N) is 1. The first-order chi connectivity index (χ1) is 14.7. The highest BCUT2D eigenvalue weighted by Crippen LogP contribution is 2.56. The van der Waals surface area contributed by atoms with Crippen molar-refractivity contribution in [2.75, 3.05) is 11.9 Å². The van der Waals surface area contributed by atoms with Gasteiger partial charge in [-0.2, -0.15) is 0 Å². The Balaban J connectivity index is 1.42. The molecule has 2 aliphatic carbocycles. The Kier molecular flexibility index (Phi) is 5.62. The Labute approximate surface area is 182 Å². The molecule has 1 aromatic carbocycles. The first kappa shape index (κ1) is 21.5. The third kappa shape index (κ3) is 3.75. The van der Waals surface area contributed by atoms with Gasteiger partial charge in [0, 0.05) is 5.69 Å². The quantitative estimate of drug-likeness (QED) is 0.558. The van der Waals surface area contributed by atoms with E-state index >= 15 is 0 Å². The summed E-state index contributed by atoms with van der Waals surface area (Å²) < 4.78 is 5.27. The Morgan fingerprint density at radius 2 is 1.71 bits per heavy atom. The summed E-state index contributed by atoms with van der Waals surface area (Å²) in [4.78, 5) is 52.6. The molecule has 1 aliphatic heterocycles. The molecule has 0 unspecified atom stereocenters. The largest absolute Gasteiger partial charge is 0.454 e. The maximum atomic E-state index is 13.1. The zero-order chi connectivity index (χ0) is 22.4. The van der Waals surface area contributed by atoms with E-state index in [0.29, 0.717) is 5.69 Å². The van der Waals surface area contributed by atoms with Gasteiger partial charge >= 0.3 is 5.97 Å². The molecule has 0 spiro atoms. The molecular weight excluding hydrogens is 396 g/mol. The predicted molar refractivity (Wildman–Crippen MR) is 114 cm³/mol. The Morgan fingerprint density at radius 3 is 2.29 bits per heavy atom. The second kappa shape index (κ2) is 8.09. The minimum Gasteiger partial charge on any atom is -0.454 e. The molecule has 0 aromatic heterocycles. The first-order valence-corrected chi connectivity index (χ1v) is 11.1. The summed E-state index contributed by atoms with van der Waals surface area (Å²) in [5.41, 5.74) is 2.57. The highest BCUT2D eigenvalue weighted by molar-refractivity contribution is 6.08. The third-order valence-electron chi connectivity index (χ3n) is 7.13. The van der Waals surface area contributed by atoms with Gasteiger partial charge < -0.3 is 10.1 Å². The van der Waals surface area contributed by atoms with E-state index in [4.69, 9.17) is 4.74 Å². The van der Waals surface area contributed by atoms with Crippen LogP contribution in [-0.2, 0) is 23.9 Å². The van der Waals surface area contributed by atoms with E-state index in [0.717, 1.165) is 35.3 Å². The average Bonchev–Trinajstić information content (AvgIpc) is 3.39. The number of rotatable bonds is 6. The van der Waals surface area contributed by atoms with E-state index in [-0.39, 0.29) is 41.4 Å². The van der Waals surface area contributed by atoms with E-state index in [9.17, 15) is 19.2 Å². The van der Waals surface area contributed by atoms with Gasteiger partial charge in [0.1, 0.15) is 6.04 Å². The highest BCUT2D eigenvalue weighted by atomic mass is 16.5. The fourth-order valence-corrected chi connectivity index (χ4v) is 5.66. The summed E-state index contributed by atoms with van der Waals surface area (Å²) in [7, 11) is 0. The van der Waals surface area contributed by atoms with Crippen molar-refractivity contribution in [1.82, 2.24) is 4.90 Å². The lowest BCUT2D eigenvalue weighted by Gasteiger charge is -2.28. The van der Waals surface area contributed by atoms with Gasteiger partial charge in [0.15, 0.2) is 6.61 Å². The van der Waals surface area contributed by atoms with Crippen LogP contribution in [0.15, 0.2) is 18.2 Å². The SMILES string of the molecule is Cc1ccc(C)c(NC(=O)COC(=O)[C@@H](C(C)C)N2C(=O)[C@@H]3[C@@H]4CC[C@@H](C4)[C@@H]3C2=O)c1. The summed E-state index contributed by atoms with van der Waals surface area (Å²) in [6.45, 7) is 6.90. The maximum absolute atomic E-state index is 13.1. The van der Waals surface area contributed by atoms with Crippen molar-refractivity contribution in [1.29, 1.82) is 0 Å². The van der Waals surface area contributed by atoms with Crippen LogP contribution in [0.25, 0.3) is 0 Å². The van der Waals surface area contributed by atoms with Gasteiger partial charge in [-0.3, -0.25) is 19.3 Å². The summed E-state index contributed by atoms with van der Waals surface area (Å²) in [5, 5.41) is 2.75. The first-order valence-electron chi connectivity index (χ1n) is 11.1. The van der Waals surface area contributed by atoms with Crippen molar-refractivity contribution in [2.24, 2.45) is 29.6 Å². The lowest BCUT2D eigenvalue weighted by molar-refractivity contribution is -0.162. The summed E-state index contributed by atoms with van der Waals surface area (Å²) >= 11 is 0. The number of likely N-dealkylation sites (tertiary alicyclic amines) is 1. The lowest BCUT2D eigenvalue weighted by atomic mass is 9.81. The van der Waals surface area contributed by atoms with Crippen LogP contribution in [0.1, 0.15) is 44.2 Å². The van der Waals surface area contributed by atoms with Crippen LogP contribution in [0.5, 0.6) is 0 Å². The van der Waals surface area contributed by atoms with Crippen LogP contribution in [0, 0.1) is 43.4 Å². The Morgan fingerprint density at radius 1 is 1.10 bits per heavy atom. The average molecular weight is 427 g/mol. The molecule has 1 aromatic rings. The molecule has 3 amide bonds. The van der Waals surface area contributed by atoms with Gasteiger partial charge in [-0.05, 0) is 68.1 Å². The number of nitrogens with zero attached hydrogens (tertiary/aromatic N) is 1. The van der Waals surface area contributed by atoms with E-state index in [1.807, 2.05) is 32.0 Å². The number of esters is 1. The van der Waals surface area contributed by atoms with Gasteiger partial charge in [0.25, 0.3) is 5.91 Å². The second-order valence-electron chi connectivity index (χ2n) is 9.59. The van der Waals surface area contributed by atoms with Crippen molar-refractivity contribution in [2.45, 2.75) is 53.0 Å². The zero-order valence-electron chi connectivity index (χ0n) is 18.5. The number of hydrogen-bond donors (Lipinski definition) is 1. The lowest BCUT2D eigenvalue weighted by Crippen LogP contribution is -2.50. The number of anilines is 1. The van der Waals surface area contributed by atoms with E-state index in [1.54, 1.807) is 13.8 Å². The minimum atomic E-state index is -1.00. The van der Waals surface area contributed by atoms with E-state index in [1.165, 1.54) is 0 Å². The summed E-state index contributed by atoms with van der Waals surface area (Å²) in [5.74, 6) is -2.01. The van der Waals surface area contributed by atoms with Gasteiger partial charge in [-0.25, -0.2) is 4.79 Å². The van der Waals surface area contributed by atoms with Gasteiger partial charge in [-0.15, -0.1) is 0 Å². The smallest absolute Gasteiger partial charge is 0.330 e. The normalized spacial score (nSPS) is 27.6. The molecule has 166 valence electrons. The fraction of sp³-hybridized carbons (Fsp3) is 0.583. The van der Waals surface area contributed by atoms with Crippen molar-refractivity contribution >= 4 is 29.4 Å².